The van der Waals surface area contributed by atoms with Gasteiger partial charge in [0.15, 0.2) is 5.69 Å². The van der Waals surface area contributed by atoms with Crippen LogP contribution in [0.2, 0.25) is 0 Å². The highest BCUT2D eigenvalue weighted by Gasteiger charge is 2.19. The van der Waals surface area contributed by atoms with Crippen LogP contribution >= 0.6 is 0 Å². The van der Waals surface area contributed by atoms with E-state index in [9.17, 15) is 4.79 Å². The Labute approximate surface area is 101 Å². The number of hydrogen-bond acceptors (Lipinski definition) is 5. The maximum atomic E-state index is 11.5. The molecule has 96 valence electrons. The van der Waals surface area contributed by atoms with Gasteiger partial charge in [0, 0.05) is 24.4 Å². The number of rotatable bonds is 6. The zero-order valence-electron chi connectivity index (χ0n) is 10.5. The number of nitrogens with two attached hydrogens (primary N) is 1. The molecule has 2 N–H and O–H groups in total. The van der Waals surface area contributed by atoms with Gasteiger partial charge >= 0.3 is 5.97 Å². The Morgan fingerprint density at radius 2 is 2.24 bits per heavy atom. The summed E-state index contributed by atoms with van der Waals surface area (Å²) >= 11 is 0. The molecule has 6 heteroatoms. The quantitative estimate of drug-likeness (QED) is 0.589. The number of carbonyl (C=O) groups is 1. The summed E-state index contributed by atoms with van der Waals surface area (Å²) in [7, 11) is 1.32. The van der Waals surface area contributed by atoms with Crippen molar-refractivity contribution in [1.29, 1.82) is 0 Å². The van der Waals surface area contributed by atoms with Gasteiger partial charge in [-0.15, -0.1) is 0 Å². The number of aromatic nitrogens is 2. The Hall–Kier alpha value is -1.40. The monoisotopic (exact) mass is 241 g/mol. The minimum absolute atomic E-state index is 0.254. The lowest BCUT2D eigenvalue weighted by molar-refractivity contribution is 0.0573. The van der Waals surface area contributed by atoms with Gasteiger partial charge in [-0.05, 0) is 13.3 Å². The molecule has 17 heavy (non-hydrogen) atoms. The molecule has 0 saturated carbocycles. The second-order valence-corrected chi connectivity index (χ2v) is 3.65. The molecule has 0 aliphatic carbocycles. The molecule has 1 rings (SSSR count). The molecule has 1 heterocycles. The molecule has 0 aromatic carbocycles. The zero-order valence-corrected chi connectivity index (χ0v) is 10.5. The summed E-state index contributed by atoms with van der Waals surface area (Å²) in [5, 5.41) is 4.16. The van der Waals surface area contributed by atoms with E-state index in [1.165, 1.54) is 7.11 Å². The minimum atomic E-state index is -0.470. The van der Waals surface area contributed by atoms with Crippen LogP contribution in [0.1, 0.15) is 35.1 Å². The lowest BCUT2D eigenvalue weighted by Crippen LogP contribution is -2.09. The van der Waals surface area contributed by atoms with Gasteiger partial charge in [0.1, 0.15) is 6.73 Å². The van der Waals surface area contributed by atoms with E-state index in [0.717, 1.165) is 12.1 Å². The maximum absolute atomic E-state index is 11.5. The fourth-order valence-corrected chi connectivity index (χ4v) is 1.51. The Morgan fingerprint density at radius 3 is 2.76 bits per heavy atom. The number of ether oxygens (including phenoxy) is 2. The van der Waals surface area contributed by atoms with Crippen molar-refractivity contribution in [2.75, 3.05) is 13.7 Å². The van der Waals surface area contributed by atoms with E-state index >= 15 is 0 Å². The van der Waals surface area contributed by atoms with Crippen LogP contribution in [-0.4, -0.2) is 29.5 Å². The van der Waals surface area contributed by atoms with E-state index in [1.54, 1.807) is 4.68 Å². The third kappa shape index (κ3) is 3.04. The minimum Gasteiger partial charge on any atom is -0.464 e. The lowest BCUT2D eigenvalue weighted by Gasteiger charge is -2.04. The number of carbonyl (C=O) groups excluding carboxylic acids is 1. The fourth-order valence-electron chi connectivity index (χ4n) is 1.51. The molecule has 0 saturated heterocycles. The Morgan fingerprint density at radius 1 is 1.53 bits per heavy atom. The van der Waals surface area contributed by atoms with Crippen LogP contribution in [0.3, 0.4) is 0 Å². The van der Waals surface area contributed by atoms with Crippen molar-refractivity contribution in [3.63, 3.8) is 0 Å². The topological polar surface area (TPSA) is 79.4 Å². The summed E-state index contributed by atoms with van der Waals surface area (Å²) < 4.78 is 11.7. The van der Waals surface area contributed by atoms with E-state index in [0.29, 0.717) is 18.9 Å². The van der Waals surface area contributed by atoms with Crippen LogP contribution in [0.5, 0.6) is 0 Å². The highest BCUT2D eigenvalue weighted by molar-refractivity contribution is 5.89. The van der Waals surface area contributed by atoms with E-state index in [2.05, 4.69) is 9.84 Å². The average Bonchev–Trinajstić information content (AvgIpc) is 2.66. The predicted octanol–water partition coefficient (Wildman–Crippen LogP) is 0.821. The number of methoxy groups -OCH3 is 1. The molecule has 0 spiro atoms. The molecule has 0 aliphatic heterocycles. The van der Waals surface area contributed by atoms with Gasteiger partial charge in [0.25, 0.3) is 0 Å². The Balaban J connectivity index is 2.92. The lowest BCUT2D eigenvalue weighted by atomic mass is 10.2. The second kappa shape index (κ2) is 6.36. The molecule has 0 bridgehead atoms. The van der Waals surface area contributed by atoms with Crippen molar-refractivity contribution >= 4 is 5.97 Å². The Bertz CT molecular complexity index is 388. The van der Waals surface area contributed by atoms with Crippen molar-refractivity contribution in [2.24, 2.45) is 5.73 Å². The second-order valence-electron chi connectivity index (χ2n) is 3.65. The molecule has 0 radical (unpaired) electrons. The van der Waals surface area contributed by atoms with Gasteiger partial charge in [-0.25, -0.2) is 9.48 Å². The van der Waals surface area contributed by atoms with Crippen LogP contribution in [0.25, 0.3) is 0 Å². The standard InChI is InChI=1S/C11H19N3O3/c1-4-5-17-7-14-8(2)9(6-12)10(13-14)11(15)16-3/h4-7,12H2,1-3H3. The van der Waals surface area contributed by atoms with Gasteiger partial charge in [0.2, 0.25) is 0 Å². The molecule has 0 unspecified atom stereocenters. The normalized spacial score (nSPS) is 10.6. The first-order valence-electron chi connectivity index (χ1n) is 5.58. The largest absolute Gasteiger partial charge is 0.464 e. The maximum Gasteiger partial charge on any atom is 0.358 e. The third-order valence-electron chi connectivity index (χ3n) is 2.48. The molecular weight excluding hydrogens is 222 g/mol. The smallest absolute Gasteiger partial charge is 0.358 e. The van der Waals surface area contributed by atoms with Crippen LogP contribution in [0, 0.1) is 6.92 Å². The zero-order chi connectivity index (χ0) is 12.8. The van der Waals surface area contributed by atoms with Crippen LogP contribution in [0.15, 0.2) is 0 Å². The molecule has 0 aliphatic rings. The SMILES string of the molecule is CCCOCn1nc(C(=O)OC)c(CN)c1C. The molecule has 0 atom stereocenters. The highest BCUT2D eigenvalue weighted by atomic mass is 16.5. The van der Waals surface area contributed by atoms with Gasteiger partial charge in [-0.2, -0.15) is 5.10 Å². The summed E-state index contributed by atoms with van der Waals surface area (Å²) in [6.45, 7) is 5.12. The third-order valence-corrected chi connectivity index (χ3v) is 2.48. The molecule has 6 nitrogen and oxygen atoms in total. The fraction of sp³-hybridized carbons (Fsp3) is 0.636. The van der Waals surface area contributed by atoms with Gasteiger partial charge in [-0.3, -0.25) is 0 Å². The predicted molar refractivity (Wildman–Crippen MR) is 62.4 cm³/mol. The highest BCUT2D eigenvalue weighted by Crippen LogP contribution is 2.14. The summed E-state index contributed by atoms with van der Waals surface area (Å²) in [6, 6.07) is 0. The van der Waals surface area contributed by atoms with E-state index in [-0.39, 0.29) is 12.2 Å². The van der Waals surface area contributed by atoms with Gasteiger partial charge in [-0.1, -0.05) is 6.92 Å². The van der Waals surface area contributed by atoms with Gasteiger partial charge < -0.3 is 15.2 Å². The van der Waals surface area contributed by atoms with E-state index in [1.807, 2.05) is 13.8 Å². The molecular formula is C11H19N3O3. The molecule has 1 aromatic rings. The van der Waals surface area contributed by atoms with Crippen molar-refractivity contribution in [1.82, 2.24) is 9.78 Å². The van der Waals surface area contributed by atoms with Crippen LogP contribution in [0.4, 0.5) is 0 Å². The first-order chi connectivity index (χ1) is 8.15. The number of esters is 1. The van der Waals surface area contributed by atoms with Gasteiger partial charge in [0.05, 0.1) is 7.11 Å². The van der Waals surface area contributed by atoms with Crippen molar-refractivity contribution in [3.05, 3.63) is 17.0 Å². The number of nitrogens with zero attached hydrogens (tertiary/aromatic N) is 2. The summed E-state index contributed by atoms with van der Waals surface area (Å²) in [4.78, 5) is 11.5. The molecule has 0 fully saturated rings. The van der Waals surface area contributed by atoms with Crippen LogP contribution in [-0.2, 0) is 22.7 Å². The summed E-state index contributed by atoms with van der Waals surface area (Å²) in [5.41, 5.74) is 7.42. The summed E-state index contributed by atoms with van der Waals surface area (Å²) in [6.07, 6.45) is 0.938. The molecule has 1 aromatic heterocycles. The van der Waals surface area contributed by atoms with E-state index in [4.69, 9.17) is 10.5 Å². The molecule has 0 amide bonds. The van der Waals surface area contributed by atoms with Crippen molar-refractivity contribution in [3.8, 4) is 0 Å². The summed E-state index contributed by atoms with van der Waals surface area (Å²) in [5.74, 6) is -0.470. The first-order valence-corrected chi connectivity index (χ1v) is 5.58. The first kappa shape index (κ1) is 13.7. The van der Waals surface area contributed by atoms with Crippen molar-refractivity contribution in [2.45, 2.75) is 33.5 Å². The van der Waals surface area contributed by atoms with Crippen LogP contribution < -0.4 is 5.73 Å². The Kier molecular flexibility index (Phi) is 5.11. The van der Waals surface area contributed by atoms with Crippen molar-refractivity contribution < 1.29 is 14.3 Å². The average molecular weight is 241 g/mol. The number of hydrogen-bond donors (Lipinski definition) is 1. The van der Waals surface area contributed by atoms with E-state index < -0.39 is 5.97 Å².